The van der Waals surface area contributed by atoms with Crippen LogP contribution in [0.3, 0.4) is 0 Å². The Labute approximate surface area is 291 Å². The van der Waals surface area contributed by atoms with Crippen LogP contribution in [0.15, 0.2) is 54.7 Å². The lowest BCUT2D eigenvalue weighted by atomic mass is 9.72. The molecule has 0 radical (unpaired) electrons. The number of ether oxygens (including phenoxy) is 1. The van der Waals surface area contributed by atoms with E-state index in [1.54, 1.807) is 4.90 Å². The van der Waals surface area contributed by atoms with Gasteiger partial charge in [-0.3, -0.25) is 28.6 Å². The van der Waals surface area contributed by atoms with Crippen LogP contribution in [0.2, 0.25) is 0 Å². The molecule has 5 aliphatic rings. The molecule has 4 N–H and O–H groups in total. The van der Waals surface area contributed by atoms with Crippen molar-refractivity contribution in [2.45, 2.75) is 81.6 Å². The number of carbonyl (C=O) groups is 3. The maximum Gasteiger partial charge on any atom is 0.281 e. The number of fused-ring (bicyclic) bond motifs is 5. The number of likely N-dealkylation sites (tertiary alicyclic amines) is 1. The summed E-state index contributed by atoms with van der Waals surface area (Å²) in [5.74, 6) is -3.80. The Morgan fingerprint density at radius 1 is 1.14 bits per heavy atom. The third-order valence-electron chi connectivity index (χ3n) is 11.2. The van der Waals surface area contributed by atoms with Gasteiger partial charge in [0.2, 0.25) is 17.5 Å². The minimum atomic E-state index is -3.67. The van der Waals surface area contributed by atoms with Crippen LogP contribution < -0.4 is 5.32 Å². The molecule has 5 heterocycles. The Kier molecular flexibility index (Phi) is 8.62. The standard InChI is InChI=1S/C35H41N5O5.CH4O3S/c1-20(2)34(37-31(41)23-16-25-24-11-7-12-26-30(24)22(18-36-26)17-27(25)38(3)19-23)33(43)40-28(15-21-9-5-4-6-10-21)32(42)39-14-8-13-29(39)35(40,44)45-34;1-5(2,3)4/h4-7,9-12,18,20,23,25,27-29,36,44H,8,13-17,19H2,1-3H3,(H,37,41);1H3,(H,2,3,4)/t23-,25-,27-,28+,29?,34-,35+;/m1./s1. The number of H-pyrrole nitrogens is 1. The van der Waals surface area contributed by atoms with E-state index in [2.05, 4.69) is 46.6 Å². The number of nitrogens with zero attached hydrogens (tertiary/aromatic N) is 3. The quantitative estimate of drug-likeness (QED) is 0.290. The molecule has 0 spiro atoms. The topological polar surface area (TPSA) is 173 Å². The summed E-state index contributed by atoms with van der Waals surface area (Å²) in [5.41, 5.74) is 2.75. The highest BCUT2D eigenvalue weighted by atomic mass is 32.2. The van der Waals surface area contributed by atoms with E-state index in [0.29, 0.717) is 38.6 Å². The van der Waals surface area contributed by atoms with E-state index in [4.69, 9.17) is 9.29 Å². The maximum atomic E-state index is 14.6. The molecule has 13 nitrogen and oxygen atoms in total. The zero-order chi connectivity index (χ0) is 35.7. The summed E-state index contributed by atoms with van der Waals surface area (Å²) in [7, 11) is -1.60. The molecule has 0 bridgehead atoms. The fraction of sp³-hybridized carbons (Fsp3) is 0.528. The third kappa shape index (κ3) is 5.70. The van der Waals surface area contributed by atoms with Crippen molar-refractivity contribution >= 4 is 38.7 Å². The average molecular weight is 708 g/mol. The summed E-state index contributed by atoms with van der Waals surface area (Å²) < 4.78 is 32.4. The number of nitrogens with one attached hydrogen (secondary N) is 2. The van der Waals surface area contributed by atoms with Crippen molar-refractivity contribution in [1.82, 2.24) is 25.0 Å². The summed E-state index contributed by atoms with van der Waals surface area (Å²) in [6.45, 7) is 4.68. The Hall–Kier alpha value is -3.82. The summed E-state index contributed by atoms with van der Waals surface area (Å²) in [6, 6.07) is 14.5. The molecule has 1 unspecified atom stereocenters. The highest BCUT2D eigenvalue weighted by Gasteiger charge is 2.72. The number of amides is 3. The van der Waals surface area contributed by atoms with Crippen LogP contribution in [0.25, 0.3) is 10.9 Å². The van der Waals surface area contributed by atoms with E-state index in [1.165, 1.54) is 21.4 Å². The first kappa shape index (κ1) is 34.6. The molecule has 3 amide bonds. The molecule has 4 saturated heterocycles. The van der Waals surface area contributed by atoms with Crippen molar-refractivity contribution in [3.05, 3.63) is 71.4 Å². The smallest absolute Gasteiger partial charge is 0.281 e. The number of rotatable bonds is 5. The van der Waals surface area contributed by atoms with E-state index in [1.807, 2.05) is 44.2 Å². The molecule has 0 saturated carbocycles. The number of piperazine rings is 1. The van der Waals surface area contributed by atoms with Gasteiger partial charge in [-0.1, -0.05) is 56.3 Å². The molecule has 50 heavy (non-hydrogen) atoms. The van der Waals surface area contributed by atoms with E-state index in [9.17, 15) is 27.9 Å². The van der Waals surface area contributed by atoms with Crippen LogP contribution in [-0.4, -0.2) is 112 Å². The second kappa shape index (κ2) is 12.4. The highest BCUT2D eigenvalue weighted by Crippen LogP contribution is 2.49. The largest absolute Gasteiger partial charge is 0.361 e. The van der Waals surface area contributed by atoms with Gasteiger partial charge >= 0.3 is 0 Å². The van der Waals surface area contributed by atoms with Crippen molar-refractivity contribution in [3.63, 3.8) is 0 Å². The minimum Gasteiger partial charge on any atom is -0.361 e. The lowest BCUT2D eigenvalue weighted by Gasteiger charge is -2.48. The first-order valence-corrected chi connectivity index (χ1v) is 19.1. The normalized spacial score (nSPS) is 32.0. The Balaban J connectivity index is 0.000000734. The van der Waals surface area contributed by atoms with Crippen molar-refractivity contribution in [2.75, 3.05) is 26.4 Å². The van der Waals surface area contributed by atoms with Gasteiger partial charge in [0.15, 0.2) is 0 Å². The molecule has 4 fully saturated rings. The van der Waals surface area contributed by atoms with E-state index in [0.717, 1.165) is 17.5 Å². The monoisotopic (exact) mass is 707 g/mol. The zero-order valence-electron chi connectivity index (χ0n) is 28.7. The van der Waals surface area contributed by atoms with Crippen LogP contribution in [-0.2, 0) is 42.1 Å². The molecule has 1 aromatic heterocycles. The minimum absolute atomic E-state index is 0.164. The van der Waals surface area contributed by atoms with Crippen molar-refractivity contribution in [3.8, 4) is 0 Å². The summed E-state index contributed by atoms with van der Waals surface area (Å²) in [6.07, 6.45) is 5.84. The fourth-order valence-corrected chi connectivity index (χ4v) is 8.99. The van der Waals surface area contributed by atoms with Gasteiger partial charge in [0.25, 0.3) is 21.9 Å². The van der Waals surface area contributed by atoms with Crippen molar-refractivity contribution in [2.24, 2.45) is 11.8 Å². The molecule has 1 aliphatic carbocycles. The molecule has 3 aromatic rings. The first-order chi connectivity index (χ1) is 23.6. The highest BCUT2D eigenvalue weighted by molar-refractivity contribution is 7.85. The van der Waals surface area contributed by atoms with Crippen LogP contribution in [0.5, 0.6) is 0 Å². The molecule has 4 aliphatic heterocycles. The van der Waals surface area contributed by atoms with E-state index < -0.39 is 51.6 Å². The van der Waals surface area contributed by atoms with Gasteiger partial charge in [-0.2, -0.15) is 8.42 Å². The third-order valence-corrected chi connectivity index (χ3v) is 11.2. The van der Waals surface area contributed by atoms with Gasteiger partial charge in [-0.15, -0.1) is 0 Å². The molecule has 7 atom stereocenters. The maximum absolute atomic E-state index is 14.6. The molecule has 268 valence electrons. The number of likely N-dealkylation sites (N-methyl/N-ethyl adjacent to an activating group) is 1. The van der Waals surface area contributed by atoms with Gasteiger partial charge in [0.05, 0.1) is 12.2 Å². The van der Waals surface area contributed by atoms with Gasteiger partial charge in [-0.25, -0.2) is 0 Å². The predicted molar refractivity (Wildman–Crippen MR) is 184 cm³/mol. The second-order valence-corrected chi connectivity index (χ2v) is 16.2. The molecule has 8 rings (SSSR count). The van der Waals surface area contributed by atoms with Crippen LogP contribution in [0, 0.1) is 11.8 Å². The van der Waals surface area contributed by atoms with Gasteiger partial charge in [-0.05, 0) is 55.5 Å². The predicted octanol–water partition coefficient (Wildman–Crippen LogP) is 2.22. The van der Waals surface area contributed by atoms with Crippen LogP contribution >= 0.6 is 0 Å². The summed E-state index contributed by atoms with van der Waals surface area (Å²) in [4.78, 5) is 51.4. The van der Waals surface area contributed by atoms with Crippen molar-refractivity contribution in [1.29, 1.82) is 0 Å². The summed E-state index contributed by atoms with van der Waals surface area (Å²) in [5, 5.41) is 16.6. The number of benzene rings is 2. The lowest BCUT2D eigenvalue weighted by molar-refractivity contribution is -0.321. The number of aromatic amines is 1. The Morgan fingerprint density at radius 3 is 2.56 bits per heavy atom. The number of hydrogen-bond acceptors (Lipinski definition) is 8. The average Bonchev–Trinajstić information content (AvgIpc) is 3.77. The first-order valence-electron chi connectivity index (χ1n) is 17.3. The Morgan fingerprint density at radius 2 is 1.86 bits per heavy atom. The number of hydrogen-bond donors (Lipinski definition) is 4. The molecular weight excluding hydrogens is 662 g/mol. The molecular formula is C36H45N5O8S. The zero-order valence-corrected chi connectivity index (χ0v) is 29.5. The number of aliphatic hydroxyl groups is 1. The second-order valence-electron chi connectivity index (χ2n) is 14.8. The fourth-order valence-electron chi connectivity index (χ4n) is 8.99. The van der Waals surface area contributed by atoms with E-state index >= 15 is 0 Å². The van der Waals surface area contributed by atoms with Crippen molar-refractivity contribution < 1.29 is 37.2 Å². The van der Waals surface area contributed by atoms with E-state index in [-0.39, 0.29) is 30.2 Å². The lowest BCUT2D eigenvalue weighted by Crippen LogP contribution is -2.71. The molecule has 14 heteroatoms. The number of carbonyl (C=O) groups excluding carboxylic acids is 3. The van der Waals surface area contributed by atoms with Gasteiger partial charge < -0.3 is 25.2 Å². The van der Waals surface area contributed by atoms with Crippen LogP contribution in [0.1, 0.15) is 55.7 Å². The van der Waals surface area contributed by atoms with Crippen LogP contribution in [0.4, 0.5) is 0 Å². The van der Waals surface area contributed by atoms with Gasteiger partial charge in [0.1, 0.15) is 12.1 Å². The number of aromatic nitrogens is 1. The summed E-state index contributed by atoms with van der Waals surface area (Å²) >= 11 is 0. The van der Waals surface area contributed by atoms with Gasteiger partial charge in [0, 0.05) is 54.5 Å². The SMILES string of the molecule is CC(C)[C@@]1(NC(=O)[C@@H]2C[C@@H]3c4cccc5[nH]cc(c45)C[C@H]3N(C)C2)O[C@@]2(O)C3CCCN3C(=O)[C@H](Cc3ccccc3)N2C1=O.CS(=O)(=O)O. The number of piperidine rings is 1. The molecule has 2 aromatic carbocycles. The Bertz CT molecular complexity index is 1930.